The molecular formula is C18H22Cl2N4O. The van der Waals surface area contributed by atoms with Crippen molar-refractivity contribution in [3.05, 3.63) is 39.9 Å². The fourth-order valence-corrected chi connectivity index (χ4v) is 3.70. The van der Waals surface area contributed by atoms with Gasteiger partial charge in [0.25, 0.3) is 5.91 Å². The number of carbonyl (C=O) groups excluding carboxylic acids is 1. The van der Waals surface area contributed by atoms with Gasteiger partial charge in [0.15, 0.2) is 0 Å². The van der Waals surface area contributed by atoms with Gasteiger partial charge >= 0.3 is 0 Å². The predicted molar refractivity (Wildman–Crippen MR) is 99.7 cm³/mol. The summed E-state index contributed by atoms with van der Waals surface area (Å²) in [6, 6.07) is 5.28. The first-order valence-corrected chi connectivity index (χ1v) is 9.46. The van der Waals surface area contributed by atoms with Gasteiger partial charge in [-0.15, -0.1) is 5.10 Å². The van der Waals surface area contributed by atoms with Gasteiger partial charge in [-0.05, 0) is 37.3 Å². The lowest BCUT2D eigenvalue weighted by Crippen LogP contribution is -2.32. The molecule has 7 heteroatoms. The number of hydrogen-bond donors (Lipinski definition) is 0. The molecule has 0 N–H and O–H groups in total. The second-order valence-electron chi connectivity index (χ2n) is 6.52. The van der Waals surface area contributed by atoms with Gasteiger partial charge in [-0.2, -0.15) is 0 Å². The Hall–Kier alpha value is -1.59. The van der Waals surface area contributed by atoms with Crippen molar-refractivity contribution in [1.82, 2.24) is 19.7 Å². The minimum absolute atomic E-state index is 0.120. The Labute approximate surface area is 157 Å². The van der Waals surface area contributed by atoms with Crippen LogP contribution in [0.5, 0.6) is 0 Å². The second kappa shape index (κ2) is 7.75. The first-order chi connectivity index (χ1) is 12.0. The molecule has 1 aromatic carbocycles. The maximum Gasteiger partial charge on any atom is 0.293 e. The van der Waals surface area contributed by atoms with Crippen LogP contribution >= 0.6 is 23.2 Å². The summed E-state index contributed by atoms with van der Waals surface area (Å²) >= 11 is 12.6. The Morgan fingerprint density at radius 2 is 1.96 bits per heavy atom. The summed E-state index contributed by atoms with van der Waals surface area (Å²) in [7, 11) is 0. The summed E-state index contributed by atoms with van der Waals surface area (Å²) in [5.74, 6) is 1.41. The molecule has 1 fully saturated rings. The maximum absolute atomic E-state index is 12.9. The smallest absolute Gasteiger partial charge is 0.293 e. The zero-order chi connectivity index (χ0) is 18.0. The number of rotatable bonds is 3. The van der Waals surface area contributed by atoms with Crippen LogP contribution in [0, 0.1) is 5.92 Å². The van der Waals surface area contributed by atoms with E-state index in [0.29, 0.717) is 33.9 Å². The minimum Gasteiger partial charge on any atom is -0.336 e. The molecule has 1 atom stereocenters. The molecule has 1 amide bonds. The summed E-state index contributed by atoms with van der Waals surface area (Å²) in [6.07, 6.45) is 3.81. The number of para-hydroxylation sites is 1. The first kappa shape index (κ1) is 18.2. The molecule has 5 nitrogen and oxygen atoms in total. The average Bonchev–Trinajstić information content (AvgIpc) is 2.89. The molecule has 1 aliphatic rings. The van der Waals surface area contributed by atoms with E-state index in [4.69, 9.17) is 23.2 Å². The number of carbonyl (C=O) groups is 1. The lowest BCUT2D eigenvalue weighted by atomic mass is 10.0. The Balaban J connectivity index is 1.94. The lowest BCUT2D eigenvalue weighted by Gasteiger charge is -2.18. The highest BCUT2D eigenvalue weighted by Crippen LogP contribution is 2.29. The SMILES string of the molecule is CCc1nc(C(=O)N2CCCC(C)CC2)nn1-c1c(Cl)cccc1Cl. The summed E-state index contributed by atoms with van der Waals surface area (Å²) in [4.78, 5) is 19.2. The lowest BCUT2D eigenvalue weighted by molar-refractivity contribution is 0.0748. The number of hydrogen-bond acceptors (Lipinski definition) is 3. The second-order valence-corrected chi connectivity index (χ2v) is 7.33. The number of aryl methyl sites for hydroxylation is 1. The highest BCUT2D eigenvalue weighted by atomic mass is 35.5. The van der Waals surface area contributed by atoms with Gasteiger partial charge in [0, 0.05) is 19.5 Å². The fraction of sp³-hybridized carbons (Fsp3) is 0.500. The van der Waals surface area contributed by atoms with Gasteiger partial charge in [0.2, 0.25) is 5.82 Å². The summed E-state index contributed by atoms with van der Waals surface area (Å²) in [5, 5.41) is 5.41. The molecule has 0 bridgehead atoms. The van der Waals surface area contributed by atoms with Gasteiger partial charge in [0.05, 0.1) is 10.0 Å². The molecule has 1 aliphatic heterocycles. The van der Waals surface area contributed by atoms with Crippen molar-refractivity contribution in [1.29, 1.82) is 0 Å². The third-order valence-electron chi connectivity index (χ3n) is 4.64. The molecule has 0 aliphatic carbocycles. The van der Waals surface area contributed by atoms with E-state index in [2.05, 4.69) is 17.0 Å². The predicted octanol–water partition coefficient (Wildman–Crippen LogP) is 4.40. The van der Waals surface area contributed by atoms with Crippen LogP contribution in [0.4, 0.5) is 0 Å². The monoisotopic (exact) mass is 380 g/mol. The van der Waals surface area contributed by atoms with Gasteiger partial charge in [-0.3, -0.25) is 4.79 Å². The van der Waals surface area contributed by atoms with Crippen molar-refractivity contribution in [2.75, 3.05) is 13.1 Å². The zero-order valence-electron chi connectivity index (χ0n) is 14.5. The van der Waals surface area contributed by atoms with Gasteiger partial charge in [-0.1, -0.05) is 43.1 Å². The number of likely N-dealkylation sites (tertiary alicyclic amines) is 1. The van der Waals surface area contributed by atoms with Crippen molar-refractivity contribution in [2.45, 2.75) is 39.5 Å². The topological polar surface area (TPSA) is 51.0 Å². The third kappa shape index (κ3) is 3.82. The minimum atomic E-state index is -0.120. The summed E-state index contributed by atoms with van der Waals surface area (Å²) in [5.41, 5.74) is 0.568. The van der Waals surface area contributed by atoms with Crippen molar-refractivity contribution in [3.8, 4) is 5.69 Å². The van der Waals surface area contributed by atoms with Gasteiger partial charge < -0.3 is 4.90 Å². The van der Waals surface area contributed by atoms with E-state index in [1.165, 1.54) is 0 Å². The molecule has 1 aromatic heterocycles. The number of halogens is 2. The Morgan fingerprint density at radius 1 is 1.24 bits per heavy atom. The molecule has 3 rings (SSSR count). The van der Waals surface area contributed by atoms with E-state index in [1.807, 2.05) is 11.8 Å². The van der Waals surface area contributed by atoms with Crippen LogP contribution < -0.4 is 0 Å². The van der Waals surface area contributed by atoms with E-state index in [0.717, 1.165) is 32.4 Å². The van der Waals surface area contributed by atoms with E-state index in [-0.39, 0.29) is 11.7 Å². The van der Waals surface area contributed by atoms with Crippen molar-refractivity contribution in [2.24, 2.45) is 5.92 Å². The van der Waals surface area contributed by atoms with E-state index >= 15 is 0 Å². The number of benzene rings is 1. The van der Waals surface area contributed by atoms with Crippen LogP contribution in [0.1, 0.15) is 49.6 Å². The van der Waals surface area contributed by atoms with E-state index in [1.54, 1.807) is 22.9 Å². The summed E-state index contributed by atoms with van der Waals surface area (Å²) < 4.78 is 1.60. The third-order valence-corrected chi connectivity index (χ3v) is 5.25. The van der Waals surface area contributed by atoms with Crippen LogP contribution in [-0.2, 0) is 6.42 Å². The number of nitrogens with zero attached hydrogens (tertiary/aromatic N) is 4. The molecule has 1 unspecified atom stereocenters. The van der Waals surface area contributed by atoms with Crippen molar-refractivity contribution >= 4 is 29.1 Å². The van der Waals surface area contributed by atoms with Crippen LogP contribution in [-0.4, -0.2) is 38.7 Å². The largest absolute Gasteiger partial charge is 0.336 e. The fourth-order valence-electron chi connectivity index (χ4n) is 3.14. The zero-order valence-corrected chi connectivity index (χ0v) is 16.0. The average molecular weight is 381 g/mol. The molecule has 25 heavy (non-hydrogen) atoms. The molecule has 0 saturated carbocycles. The van der Waals surface area contributed by atoms with Crippen LogP contribution in [0.3, 0.4) is 0 Å². The first-order valence-electron chi connectivity index (χ1n) is 8.70. The number of aromatic nitrogens is 3. The van der Waals surface area contributed by atoms with E-state index < -0.39 is 0 Å². The van der Waals surface area contributed by atoms with Gasteiger partial charge in [0.1, 0.15) is 11.5 Å². The van der Waals surface area contributed by atoms with Crippen molar-refractivity contribution < 1.29 is 4.79 Å². The highest BCUT2D eigenvalue weighted by Gasteiger charge is 2.25. The maximum atomic E-state index is 12.9. The number of amides is 1. The Bertz CT molecular complexity index is 754. The van der Waals surface area contributed by atoms with Gasteiger partial charge in [-0.25, -0.2) is 9.67 Å². The standard InChI is InChI=1S/C18H22Cl2N4O/c1-3-15-21-17(18(25)23-10-5-6-12(2)9-11-23)22-24(15)16-13(19)7-4-8-14(16)20/h4,7-8,12H,3,5-6,9-11H2,1-2H3. The van der Waals surface area contributed by atoms with E-state index in [9.17, 15) is 4.79 Å². The van der Waals surface area contributed by atoms with Crippen LogP contribution in [0.2, 0.25) is 10.0 Å². The molecule has 1 saturated heterocycles. The normalized spacial score (nSPS) is 18.2. The molecular weight excluding hydrogens is 359 g/mol. The quantitative estimate of drug-likeness (QED) is 0.792. The molecule has 2 aromatic rings. The summed E-state index contributed by atoms with van der Waals surface area (Å²) in [6.45, 7) is 5.71. The molecule has 2 heterocycles. The molecule has 0 spiro atoms. The van der Waals surface area contributed by atoms with Crippen molar-refractivity contribution in [3.63, 3.8) is 0 Å². The Kier molecular flexibility index (Phi) is 5.64. The van der Waals surface area contributed by atoms with Crippen LogP contribution in [0.15, 0.2) is 18.2 Å². The molecule has 134 valence electrons. The Morgan fingerprint density at radius 3 is 2.64 bits per heavy atom. The van der Waals surface area contributed by atoms with Crippen LogP contribution in [0.25, 0.3) is 5.69 Å². The molecule has 0 radical (unpaired) electrons. The highest BCUT2D eigenvalue weighted by molar-refractivity contribution is 6.37.